The van der Waals surface area contributed by atoms with E-state index in [0.29, 0.717) is 18.0 Å². The van der Waals surface area contributed by atoms with Gasteiger partial charge in [0, 0.05) is 6.54 Å². The Morgan fingerprint density at radius 3 is 2.64 bits per heavy atom. The topological polar surface area (TPSA) is 68.7 Å². The first kappa shape index (κ1) is 17.9. The van der Waals surface area contributed by atoms with Gasteiger partial charge in [0.15, 0.2) is 11.3 Å². The van der Waals surface area contributed by atoms with E-state index in [2.05, 4.69) is 4.98 Å². The highest BCUT2D eigenvalue weighted by molar-refractivity contribution is 5.91. The van der Waals surface area contributed by atoms with Crippen LogP contribution in [0.5, 0.6) is 5.75 Å². The van der Waals surface area contributed by atoms with Crippen molar-refractivity contribution in [2.24, 2.45) is 0 Å². The van der Waals surface area contributed by atoms with Crippen molar-refractivity contribution in [1.29, 1.82) is 0 Å². The van der Waals surface area contributed by atoms with Crippen molar-refractivity contribution in [3.63, 3.8) is 0 Å². The third-order valence-electron chi connectivity index (χ3n) is 4.47. The SMILES string of the molecule is COc1ccc(CN(Cc2nc3cc(C)ccc3o2)C(=O)c2ccco2)cc1. The van der Waals surface area contributed by atoms with Crippen LogP contribution in [0.3, 0.4) is 0 Å². The van der Waals surface area contributed by atoms with Gasteiger partial charge in [0.1, 0.15) is 11.3 Å². The van der Waals surface area contributed by atoms with Crippen molar-refractivity contribution in [3.05, 3.63) is 83.6 Å². The number of ether oxygens (including phenoxy) is 1. The van der Waals surface area contributed by atoms with Crippen LogP contribution in [-0.2, 0) is 13.1 Å². The maximum Gasteiger partial charge on any atom is 0.290 e. The first-order chi connectivity index (χ1) is 13.6. The number of rotatable bonds is 6. The second-order valence-corrected chi connectivity index (χ2v) is 6.57. The van der Waals surface area contributed by atoms with Gasteiger partial charge in [-0.2, -0.15) is 0 Å². The van der Waals surface area contributed by atoms with Gasteiger partial charge in [0.25, 0.3) is 5.91 Å². The summed E-state index contributed by atoms with van der Waals surface area (Å²) in [7, 11) is 1.62. The molecular formula is C22H20N2O4. The Bertz CT molecular complexity index is 1080. The fourth-order valence-electron chi connectivity index (χ4n) is 3.02. The lowest BCUT2D eigenvalue weighted by Crippen LogP contribution is -2.30. The number of hydrogen-bond donors (Lipinski definition) is 0. The number of fused-ring (bicyclic) bond motifs is 1. The molecule has 0 bridgehead atoms. The highest BCUT2D eigenvalue weighted by Gasteiger charge is 2.21. The first-order valence-electron chi connectivity index (χ1n) is 8.94. The number of methoxy groups -OCH3 is 1. The molecule has 0 saturated heterocycles. The minimum atomic E-state index is -0.223. The molecule has 0 aliphatic heterocycles. The maximum absolute atomic E-state index is 12.9. The number of furan rings is 1. The summed E-state index contributed by atoms with van der Waals surface area (Å²) in [5.74, 6) is 1.30. The molecule has 2 aromatic heterocycles. The van der Waals surface area contributed by atoms with E-state index < -0.39 is 0 Å². The van der Waals surface area contributed by atoms with Crippen LogP contribution in [-0.4, -0.2) is 22.9 Å². The van der Waals surface area contributed by atoms with E-state index in [1.54, 1.807) is 24.1 Å². The first-order valence-corrected chi connectivity index (χ1v) is 8.94. The Balaban J connectivity index is 1.62. The minimum Gasteiger partial charge on any atom is -0.497 e. The Morgan fingerprint density at radius 2 is 1.93 bits per heavy atom. The van der Waals surface area contributed by atoms with Crippen LogP contribution < -0.4 is 4.74 Å². The van der Waals surface area contributed by atoms with Crippen LogP contribution in [0.25, 0.3) is 11.1 Å². The lowest BCUT2D eigenvalue weighted by Gasteiger charge is -2.20. The molecule has 6 nitrogen and oxygen atoms in total. The van der Waals surface area contributed by atoms with Crippen LogP contribution in [0.1, 0.15) is 27.6 Å². The molecule has 142 valence electrons. The van der Waals surface area contributed by atoms with Gasteiger partial charge in [-0.1, -0.05) is 18.2 Å². The zero-order valence-electron chi connectivity index (χ0n) is 15.7. The lowest BCUT2D eigenvalue weighted by atomic mass is 10.2. The molecule has 0 saturated carbocycles. The van der Waals surface area contributed by atoms with Crippen molar-refractivity contribution in [3.8, 4) is 5.75 Å². The molecule has 4 rings (SSSR count). The number of aromatic nitrogens is 1. The third-order valence-corrected chi connectivity index (χ3v) is 4.47. The Labute approximate surface area is 162 Å². The van der Waals surface area contributed by atoms with Gasteiger partial charge in [-0.3, -0.25) is 4.79 Å². The molecule has 2 heterocycles. The lowest BCUT2D eigenvalue weighted by molar-refractivity contribution is 0.0683. The molecule has 0 spiro atoms. The van der Waals surface area contributed by atoms with Gasteiger partial charge in [-0.25, -0.2) is 4.98 Å². The zero-order valence-corrected chi connectivity index (χ0v) is 15.7. The standard InChI is InChI=1S/C22H20N2O4/c1-15-5-10-19-18(12-15)23-21(28-19)14-24(22(25)20-4-3-11-27-20)13-16-6-8-17(26-2)9-7-16/h3-12H,13-14H2,1-2H3. The normalized spacial score (nSPS) is 10.9. The van der Waals surface area contributed by atoms with Crippen LogP contribution in [0.4, 0.5) is 0 Å². The van der Waals surface area contributed by atoms with Crippen molar-refractivity contribution in [2.75, 3.05) is 7.11 Å². The van der Waals surface area contributed by atoms with E-state index in [-0.39, 0.29) is 18.2 Å². The summed E-state index contributed by atoms with van der Waals surface area (Å²) < 4.78 is 16.3. The molecule has 0 radical (unpaired) electrons. The second kappa shape index (κ2) is 7.60. The van der Waals surface area contributed by atoms with Gasteiger partial charge in [0.2, 0.25) is 5.89 Å². The van der Waals surface area contributed by atoms with Gasteiger partial charge in [-0.05, 0) is 54.4 Å². The van der Waals surface area contributed by atoms with Crippen molar-refractivity contribution in [2.45, 2.75) is 20.0 Å². The molecule has 0 fully saturated rings. The van der Waals surface area contributed by atoms with E-state index in [1.165, 1.54) is 6.26 Å². The monoisotopic (exact) mass is 376 g/mol. The molecule has 0 N–H and O–H groups in total. The van der Waals surface area contributed by atoms with Gasteiger partial charge >= 0.3 is 0 Å². The molecular weight excluding hydrogens is 356 g/mol. The molecule has 2 aromatic carbocycles. The highest BCUT2D eigenvalue weighted by Crippen LogP contribution is 2.21. The van der Waals surface area contributed by atoms with Crippen LogP contribution in [0.2, 0.25) is 0 Å². The summed E-state index contributed by atoms with van der Waals surface area (Å²) in [5.41, 5.74) is 3.56. The summed E-state index contributed by atoms with van der Waals surface area (Å²) in [6, 6.07) is 16.8. The van der Waals surface area contributed by atoms with Gasteiger partial charge in [0.05, 0.1) is 19.9 Å². The third kappa shape index (κ3) is 3.76. The average molecular weight is 376 g/mol. The number of benzene rings is 2. The predicted octanol–water partition coefficient (Wildman–Crippen LogP) is 4.58. The highest BCUT2D eigenvalue weighted by atomic mass is 16.5. The number of hydrogen-bond acceptors (Lipinski definition) is 5. The summed E-state index contributed by atoms with van der Waals surface area (Å²) >= 11 is 0. The van der Waals surface area contributed by atoms with Gasteiger partial charge in [-0.15, -0.1) is 0 Å². The molecule has 1 amide bonds. The Hall–Kier alpha value is -3.54. The number of carbonyl (C=O) groups excluding carboxylic acids is 1. The summed E-state index contributed by atoms with van der Waals surface area (Å²) in [5, 5.41) is 0. The number of oxazole rings is 1. The van der Waals surface area contributed by atoms with E-state index >= 15 is 0 Å². The molecule has 0 aliphatic carbocycles. The summed E-state index contributed by atoms with van der Waals surface area (Å²) in [4.78, 5) is 19.1. The molecule has 0 atom stereocenters. The maximum atomic E-state index is 12.9. The van der Waals surface area contributed by atoms with Crippen LogP contribution in [0.15, 0.2) is 69.7 Å². The van der Waals surface area contributed by atoms with Crippen molar-refractivity contribution >= 4 is 17.0 Å². The summed E-state index contributed by atoms with van der Waals surface area (Å²) in [6.45, 7) is 2.63. The average Bonchev–Trinajstić information content (AvgIpc) is 3.36. The van der Waals surface area contributed by atoms with Crippen molar-refractivity contribution in [1.82, 2.24) is 9.88 Å². The number of carbonyl (C=O) groups is 1. The van der Waals surface area contributed by atoms with Crippen LogP contribution in [0, 0.1) is 6.92 Å². The minimum absolute atomic E-state index is 0.223. The fourth-order valence-corrected chi connectivity index (χ4v) is 3.02. The smallest absolute Gasteiger partial charge is 0.290 e. The van der Waals surface area contributed by atoms with Crippen molar-refractivity contribution < 1.29 is 18.4 Å². The fraction of sp³-hybridized carbons (Fsp3) is 0.182. The molecule has 6 heteroatoms. The van der Waals surface area contributed by atoms with E-state index in [1.807, 2.05) is 49.4 Å². The summed E-state index contributed by atoms with van der Waals surface area (Å²) in [6.07, 6.45) is 1.49. The van der Waals surface area contributed by atoms with E-state index in [9.17, 15) is 4.79 Å². The molecule has 0 aliphatic rings. The molecule has 4 aromatic rings. The van der Waals surface area contributed by atoms with Crippen LogP contribution >= 0.6 is 0 Å². The molecule has 0 unspecified atom stereocenters. The number of aryl methyl sites for hydroxylation is 1. The van der Waals surface area contributed by atoms with E-state index in [0.717, 1.165) is 22.4 Å². The quantitative estimate of drug-likeness (QED) is 0.493. The number of nitrogens with zero attached hydrogens (tertiary/aromatic N) is 2. The Morgan fingerprint density at radius 1 is 1.11 bits per heavy atom. The van der Waals surface area contributed by atoms with Gasteiger partial charge < -0.3 is 18.5 Å². The number of amides is 1. The second-order valence-electron chi connectivity index (χ2n) is 6.57. The Kier molecular flexibility index (Phi) is 4.85. The predicted molar refractivity (Wildman–Crippen MR) is 104 cm³/mol. The molecule has 28 heavy (non-hydrogen) atoms. The largest absolute Gasteiger partial charge is 0.497 e. The zero-order chi connectivity index (χ0) is 19.5. The van der Waals surface area contributed by atoms with E-state index in [4.69, 9.17) is 13.6 Å².